The van der Waals surface area contributed by atoms with E-state index in [4.69, 9.17) is 13.9 Å². The molecule has 132 valence electrons. The summed E-state index contributed by atoms with van der Waals surface area (Å²) in [7, 11) is 0. The Morgan fingerprint density at radius 1 is 1.32 bits per heavy atom. The number of benzene rings is 1. The molecular weight excluding hydrogens is 332 g/mol. The molecule has 1 fully saturated rings. The monoisotopic (exact) mass is 348 g/mol. The minimum atomic E-state index is -0.847. The number of nitro benzene ring substituents is 1. The third-order valence-corrected chi connectivity index (χ3v) is 3.98. The molecule has 9 nitrogen and oxygen atoms in total. The number of nitrogens with zero attached hydrogens (tertiary/aromatic N) is 2. The Morgan fingerprint density at radius 3 is 2.72 bits per heavy atom. The number of rotatable bonds is 4. The van der Waals surface area contributed by atoms with Gasteiger partial charge in [-0.1, -0.05) is 0 Å². The molecule has 0 amide bonds. The summed E-state index contributed by atoms with van der Waals surface area (Å²) in [4.78, 5) is 36.5. The topological polar surface area (TPSA) is 112 Å². The van der Waals surface area contributed by atoms with E-state index in [-0.39, 0.29) is 22.2 Å². The van der Waals surface area contributed by atoms with Crippen LogP contribution in [-0.2, 0) is 9.47 Å². The van der Waals surface area contributed by atoms with E-state index in [2.05, 4.69) is 0 Å². The number of fused-ring (bicyclic) bond motifs is 1. The smallest absolute Gasteiger partial charge is 0.351 e. The van der Waals surface area contributed by atoms with Gasteiger partial charge in [0, 0.05) is 30.6 Å². The lowest BCUT2D eigenvalue weighted by molar-refractivity contribution is -0.384. The van der Waals surface area contributed by atoms with Crippen LogP contribution in [0.15, 0.2) is 33.5 Å². The number of carbonyl (C=O) groups excluding carboxylic acids is 1. The summed E-state index contributed by atoms with van der Waals surface area (Å²) in [6.45, 7) is 4.03. The third-order valence-electron chi connectivity index (χ3n) is 3.98. The lowest BCUT2D eigenvalue weighted by atomic mass is 10.1. The molecule has 2 heterocycles. The number of non-ortho nitro benzene ring substituents is 1. The molecule has 1 aliphatic rings. The number of hydrogen-bond acceptors (Lipinski definition) is 8. The quantitative estimate of drug-likeness (QED) is 0.354. The highest BCUT2D eigenvalue weighted by Crippen LogP contribution is 2.21. The summed E-state index contributed by atoms with van der Waals surface area (Å²) in [5, 5.41) is 11.1. The van der Waals surface area contributed by atoms with Crippen LogP contribution in [0, 0.1) is 10.1 Å². The van der Waals surface area contributed by atoms with Crippen LogP contribution in [-0.4, -0.2) is 48.3 Å². The average molecular weight is 348 g/mol. The van der Waals surface area contributed by atoms with Gasteiger partial charge >= 0.3 is 11.6 Å². The Kier molecular flexibility index (Phi) is 4.77. The van der Waals surface area contributed by atoms with Crippen LogP contribution < -0.4 is 5.63 Å². The van der Waals surface area contributed by atoms with Gasteiger partial charge in [-0.2, -0.15) is 0 Å². The molecule has 0 bridgehead atoms. The summed E-state index contributed by atoms with van der Waals surface area (Å²) in [6, 6.07) is 5.03. The van der Waals surface area contributed by atoms with E-state index < -0.39 is 22.7 Å². The SMILES string of the molecule is CC(OC(=O)c1cc2cc([N+](=O)[O-])ccc2oc1=O)N1CCOCC1. The van der Waals surface area contributed by atoms with Crippen molar-refractivity contribution < 1.29 is 23.6 Å². The number of carbonyl (C=O) groups is 1. The zero-order valence-electron chi connectivity index (χ0n) is 13.5. The first-order chi connectivity index (χ1) is 12.0. The Balaban J connectivity index is 1.85. The summed E-state index contributed by atoms with van der Waals surface area (Å²) in [5.74, 6) is -0.832. The summed E-state index contributed by atoms with van der Waals surface area (Å²) < 4.78 is 15.6. The molecule has 0 N–H and O–H groups in total. The fourth-order valence-corrected chi connectivity index (χ4v) is 2.60. The highest BCUT2D eigenvalue weighted by Gasteiger charge is 2.23. The van der Waals surface area contributed by atoms with Gasteiger partial charge in [0.1, 0.15) is 11.1 Å². The van der Waals surface area contributed by atoms with Gasteiger partial charge in [0.25, 0.3) is 5.69 Å². The van der Waals surface area contributed by atoms with Crippen molar-refractivity contribution in [1.82, 2.24) is 4.90 Å². The lowest BCUT2D eigenvalue weighted by Gasteiger charge is -2.31. The molecule has 0 radical (unpaired) electrons. The van der Waals surface area contributed by atoms with E-state index in [1.54, 1.807) is 6.92 Å². The van der Waals surface area contributed by atoms with Gasteiger partial charge in [0.2, 0.25) is 0 Å². The largest absolute Gasteiger partial charge is 0.443 e. The zero-order valence-corrected chi connectivity index (χ0v) is 13.5. The van der Waals surface area contributed by atoms with E-state index in [1.165, 1.54) is 24.3 Å². The van der Waals surface area contributed by atoms with Crippen molar-refractivity contribution in [2.45, 2.75) is 13.2 Å². The van der Waals surface area contributed by atoms with E-state index in [1.807, 2.05) is 4.90 Å². The molecule has 9 heteroatoms. The van der Waals surface area contributed by atoms with Gasteiger partial charge in [-0.3, -0.25) is 15.0 Å². The molecule has 1 saturated heterocycles. The van der Waals surface area contributed by atoms with Gasteiger partial charge in [-0.15, -0.1) is 0 Å². The lowest BCUT2D eigenvalue weighted by Crippen LogP contribution is -2.44. The predicted molar refractivity (Wildman–Crippen MR) is 86.4 cm³/mol. The van der Waals surface area contributed by atoms with Gasteiger partial charge in [-0.25, -0.2) is 9.59 Å². The molecule has 2 aromatic rings. The molecule has 1 aliphatic heterocycles. The molecule has 0 spiro atoms. The van der Waals surface area contributed by atoms with Gasteiger partial charge in [0.05, 0.1) is 18.1 Å². The van der Waals surface area contributed by atoms with Gasteiger partial charge in [-0.05, 0) is 19.1 Å². The molecular formula is C16H16N2O7. The first-order valence-corrected chi connectivity index (χ1v) is 7.71. The third kappa shape index (κ3) is 3.67. The zero-order chi connectivity index (χ0) is 18.0. The first-order valence-electron chi connectivity index (χ1n) is 7.71. The maximum atomic E-state index is 12.3. The van der Waals surface area contributed by atoms with Crippen molar-refractivity contribution in [2.24, 2.45) is 0 Å². The Morgan fingerprint density at radius 2 is 2.04 bits per heavy atom. The minimum Gasteiger partial charge on any atom is -0.443 e. The number of hydrogen-bond donors (Lipinski definition) is 0. The second kappa shape index (κ2) is 6.99. The minimum absolute atomic E-state index is 0.161. The number of esters is 1. The molecule has 25 heavy (non-hydrogen) atoms. The number of morpholine rings is 1. The van der Waals surface area contributed by atoms with Crippen molar-refractivity contribution in [3.05, 3.63) is 50.4 Å². The second-order valence-electron chi connectivity index (χ2n) is 5.58. The maximum Gasteiger partial charge on any atom is 0.351 e. The summed E-state index contributed by atoms with van der Waals surface area (Å²) >= 11 is 0. The van der Waals surface area contributed by atoms with Crippen molar-refractivity contribution in [3.63, 3.8) is 0 Å². The maximum absolute atomic E-state index is 12.3. The van der Waals surface area contributed by atoms with E-state index in [0.717, 1.165) is 0 Å². The predicted octanol–water partition coefficient (Wildman–Crippen LogP) is 1.54. The van der Waals surface area contributed by atoms with Gasteiger partial charge in [0.15, 0.2) is 6.23 Å². The molecule has 1 aromatic heterocycles. The van der Waals surface area contributed by atoms with Crippen LogP contribution >= 0.6 is 0 Å². The summed E-state index contributed by atoms with van der Waals surface area (Å²) in [5.41, 5.74) is -1.15. The van der Waals surface area contributed by atoms with Crippen molar-refractivity contribution in [2.75, 3.05) is 26.3 Å². The Bertz CT molecular complexity index is 870. The molecule has 1 aromatic carbocycles. The van der Waals surface area contributed by atoms with Crippen molar-refractivity contribution in [3.8, 4) is 0 Å². The highest BCUT2D eigenvalue weighted by molar-refractivity contribution is 5.93. The van der Waals surface area contributed by atoms with E-state index >= 15 is 0 Å². The van der Waals surface area contributed by atoms with Crippen LogP contribution in [0.3, 0.4) is 0 Å². The fraction of sp³-hybridized carbons (Fsp3) is 0.375. The molecule has 0 saturated carbocycles. The fourth-order valence-electron chi connectivity index (χ4n) is 2.60. The van der Waals surface area contributed by atoms with Crippen LogP contribution in [0.4, 0.5) is 5.69 Å². The average Bonchev–Trinajstić information content (AvgIpc) is 2.61. The van der Waals surface area contributed by atoms with Crippen LogP contribution in [0.25, 0.3) is 11.0 Å². The normalized spacial score (nSPS) is 16.5. The van der Waals surface area contributed by atoms with Crippen LogP contribution in [0.1, 0.15) is 17.3 Å². The van der Waals surface area contributed by atoms with E-state index in [9.17, 15) is 19.7 Å². The summed E-state index contributed by atoms with van der Waals surface area (Å²) in [6.07, 6.45) is -0.531. The second-order valence-corrected chi connectivity index (χ2v) is 5.58. The standard InChI is InChI=1S/C16H16N2O7/c1-10(17-4-6-23-7-5-17)24-15(19)13-9-11-8-12(18(21)22)2-3-14(11)25-16(13)20/h2-3,8-10H,4-7H2,1H3. The Labute approximate surface area is 141 Å². The van der Waals surface area contributed by atoms with Crippen LogP contribution in [0.2, 0.25) is 0 Å². The van der Waals surface area contributed by atoms with E-state index in [0.29, 0.717) is 26.3 Å². The highest BCUT2D eigenvalue weighted by atomic mass is 16.6. The Hall–Kier alpha value is -2.78. The molecule has 1 unspecified atom stereocenters. The van der Waals surface area contributed by atoms with Crippen molar-refractivity contribution in [1.29, 1.82) is 0 Å². The molecule has 1 atom stereocenters. The van der Waals surface area contributed by atoms with Crippen LogP contribution in [0.5, 0.6) is 0 Å². The molecule has 3 rings (SSSR count). The number of nitro groups is 1. The first kappa shape index (κ1) is 17.1. The number of ether oxygens (including phenoxy) is 2. The van der Waals surface area contributed by atoms with Gasteiger partial charge < -0.3 is 13.9 Å². The van der Waals surface area contributed by atoms with Crippen molar-refractivity contribution >= 4 is 22.6 Å². The molecule has 0 aliphatic carbocycles.